The molecule has 0 aliphatic heterocycles. The molecule has 0 fully saturated rings. The Hall–Kier alpha value is -0.910. The van der Waals surface area contributed by atoms with Crippen molar-refractivity contribution in [2.45, 2.75) is 32.1 Å². The smallest absolute Gasteiger partial charge is 0.243 e. The Balaban J connectivity index is 3.17. The second-order valence-electron chi connectivity index (χ2n) is 4.40. The summed E-state index contributed by atoms with van der Waals surface area (Å²) < 4.78 is 26.3. The van der Waals surface area contributed by atoms with Crippen LogP contribution in [0.3, 0.4) is 0 Å². The van der Waals surface area contributed by atoms with Gasteiger partial charge in [-0.3, -0.25) is 0 Å². The number of benzene rings is 1. The molecular formula is C13H21NO3S. The van der Waals surface area contributed by atoms with Gasteiger partial charge < -0.3 is 5.11 Å². The topological polar surface area (TPSA) is 57.6 Å². The van der Waals surface area contributed by atoms with Crippen LogP contribution >= 0.6 is 0 Å². The summed E-state index contributed by atoms with van der Waals surface area (Å²) in [6.07, 6.45) is 0.726. The van der Waals surface area contributed by atoms with Gasteiger partial charge in [-0.2, -0.15) is 4.31 Å². The van der Waals surface area contributed by atoms with Gasteiger partial charge in [-0.25, -0.2) is 8.42 Å². The molecular weight excluding hydrogens is 250 g/mol. The lowest BCUT2D eigenvalue weighted by molar-refractivity contribution is 0.253. The van der Waals surface area contributed by atoms with Crippen LogP contribution in [-0.2, 0) is 10.0 Å². The first-order chi connectivity index (χ1) is 8.43. The fourth-order valence-corrected chi connectivity index (χ4v) is 3.67. The van der Waals surface area contributed by atoms with E-state index in [9.17, 15) is 8.42 Å². The van der Waals surface area contributed by atoms with Crippen molar-refractivity contribution < 1.29 is 13.5 Å². The quantitative estimate of drug-likeness (QED) is 0.856. The zero-order chi connectivity index (χ0) is 13.8. The summed E-state index contributed by atoms with van der Waals surface area (Å²) in [5, 5.41) is 8.98. The molecule has 0 heterocycles. The summed E-state index contributed by atoms with van der Waals surface area (Å²) in [5.41, 5.74) is 1.78. The lowest BCUT2D eigenvalue weighted by Gasteiger charge is -2.21. The molecule has 0 radical (unpaired) electrons. The Morgan fingerprint density at radius 2 is 1.89 bits per heavy atom. The minimum absolute atomic E-state index is 0.142. The highest BCUT2D eigenvalue weighted by atomic mass is 32.2. The second kappa shape index (κ2) is 6.31. The summed E-state index contributed by atoms with van der Waals surface area (Å²) in [7, 11) is -3.50. The first-order valence-corrected chi connectivity index (χ1v) is 7.55. The molecule has 0 unspecified atom stereocenters. The van der Waals surface area contributed by atoms with Crippen molar-refractivity contribution in [3.8, 4) is 0 Å². The number of hydrogen-bond donors (Lipinski definition) is 1. The molecule has 102 valence electrons. The first kappa shape index (κ1) is 15.1. The van der Waals surface area contributed by atoms with Gasteiger partial charge >= 0.3 is 0 Å². The average Bonchev–Trinajstić information content (AvgIpc) is 2.28. The van der Waals surface area contributed by atoms with Gasteiger partial charge in [0.1, 0.15) is 0 Å². The van der Waals surface area contributed by atoms with Gasteiger partial charge in [-0.05, 0) is 31.9 Å². The van der Waals surface area contributed by atoms with Crippen LogP contribution < -0.4 is 0 Å². The van der Waals surface area contributed by atoms with Crippen molar-refractivity contribution in [3.63, 3.8) is 0 Å². The fourth-order valence-electron chi connectivity index (χ4n) is 1.94. The van der Waals surface area contributed by atoms with Gasteiger partial charge in [0.05, 0.1) is 11.5 Å². The van der Waals surface area contributed by atoms with Crippen LogP contribution in [0.4, 0.5) is 0 Å². The maximum absolute atomic E-state index is 12.5. The Morgan fingerprint density at radius 1 is 1.22 bits per heavy atom. The molecule has 1 N–H and O–H groups in total. The highest BCUT2D eigenvalue weighted by Gasteiger charge is 2.24. The van der Waals surface area contributed by atoms with Gasteiger partial charge in [-0.1, -0.05) is 24.6 Å². The van der Waals surface area contributed by atoms with Gasteiger partial charge in [0.15, 0.2) is 0 Å². The molecule has 0 saturated carbocycles. The lowest BCUT2D eigenvalue weighted by Crippen LogP contribution is -2.34. The summed E-state index contributed by atoms with van der Waals surface area (Å²) in [6.45, 7) is 6.05. The van der Waals surface area contributed by atoms with Crippen LogP contribution in [0.15, 0.2) is 23.1 Å². The highest BCUT2D eigenvalue weighted by Crippen LogP contribution is 2.20. The predicted molar refractivity (Wildman–Crippen MR) is 72.1 cm³/mol. The molecule has 0 aromatic heterocycles. The molecule has 5 heteroatoms. The average molecular weight is 271 g/mol. The SMILES string of the molecule is CCCN(CCO)S(=O)(=O)c1ccc(C)cc1C. The van der Waals surface area contributed by atoms with E-state index in [1.54, 1.807) is 19.1 Å². The van der Waals surface area contributed by atoms with Crippen LogP contribution in [0.1, 0.15) is 24.5 Å². The van der Waals surface area contributed by atoms with Gasteiger partial charge in [0.2, 0.25) is 10.0 Å². The Bertz CT molecular complexity index is 491. The van der Waals surface area contributed by atoms with Crippen molar-refractivity contribution >= 4 is 10.0 Å². The molecule has 18 heavy (non-hydrogen) atoms. The predicted octanol–water partition coefficient (Wildman–Crippen LogP) is 1.70. The second-order valence-corrected chi connectivity index (χ2v) is 6.30. The number of nitrogens with zero attached hydrogens (tertiary/aromatic N) is 1. The van der Waals surface area contributed by atoms with E-state index in [1.807, 2.05) is 19.9 Å². The zero-order valence-corrected chi connectivity index (χ0v) is 12.0. The first-order valence-electron chi connectivity index (χ1n) is 6.11. The third-order valence-electron chi connectivity index (χ3n) is 2.77. The van der Waals surface area contributed by atoms with E-state index in [0.717, 1.165) is 17.5 Å². The van der Waals surface area contributed by atoms with E-state index in [4.69, 9.17) is 5.11 Å². The number of aliphatic hydroxyl groups excluding tert-OH is 1. The van der Waals surface area contributed by atoms with Crippen LogP contribution in [0.2, 0.25) is 0 Å². The van der Waals surface area contributed by atoms with Crippen LogP contribution in [0.25, 0.3) is 0 Å². The molecule has 1 aromatic carbocycles. The molecule has 1 aromatic rings. The summed E-state index contributed by atoms with van der Waals surface area (Å²) >= 11 is 0. The lowest BCUT2D eigenvalue weighted by atomic mass is 10.2. The Labute approximate surface area is 109 Å². The van der Waals surface area contributed by atoms with E-state index in [2.05, 4.69) is 0 Å². The maximum Gasteiger partial charge on any atom is 0.243 e. The summed E-state index contributed by atoms with van der Waals surface area (Å²) in [5.74, 6) is 0. The number of rotatable bonds is 6. The number of aryl methyl sites for hydroxylation is 2. The minimum atomic E-state index is -3.50. The van der Waals surface area contributed by atoms with Crippen molar-refractivity contribution in [2.75, 3.05) is 19.7 Å². The summed E-state index contributed by atoms with van der Waals surface area (Å²) in [4.78, 5) is 0.329. The Morgan fingerprint density at radius 3 is 2.39 bits per heavy atom. The van der Waals surface area contributed by atoms with E-state index >= 15 is 0 Å². The third kappa shape index (κ3) is 3.31. The highest BCUT2D eigenvalue weighted by molar-refractivity contribution is 7.89. The fraction of sp³-hybridized carbons (Fsp3) is 0.538. The minimum Gasteiger partial charge on any atom is -0.395 e. The van der Waals surface area contributed by atoms with Gasteiger partial charge in [0, 0.05) is 13.1 Å². The van der Waals surface area contributed by atoms with Crippen LogP contribution in [0.5, 0.6) is 0 Å². The van der Waals surface area contributed by atoms with E-state index in [-0.39, 0.29) is 13.2 Å². The van der Waals surface area contributed by atoms with Crippen molar-refractivity contribution in [2.24, 2.45) is 0 Å². The van der Waals surface area contributed by atoms with Crippen molar-refractivity contribution in [1.82, 2.24) is 4.31 Å². The van der Waals surface area contributed by atoms with Crippen LogP contribution in [-0.4, -0.2) is 37.5 Å². The van der Waals surface area contributed by atoms with Gasteiger partial charge in [0.25, 0.3) is 0 Å². The molecule has 0 atom stereocenters. The van der Waals surface area contributed by atoms with E-state index < -0.39 is 10.0 Å². The van der Waals surface area contributed by atoms with Crippen LogP contribution in [0, 0.1) is 13.8 Å². The number of sulfonamides is 1. The zero-order valence-electron chi connectivity index (χ0n) is 11.2. The van der Waals surface area contributed by atoms with E-state index in [1.165, 1.54) is 4.31 Å². The monoisotopic (exact) mass is 271 g/mol. The van der Waals surface area contributed by atoms with Crippen molar-refractivity contribution in [3.05, 3.63) is 29.3 Å². The van der Waals surface area contributed by atoms with Gasteiger partial charge in [-0.15, -0.1) is 0 Å². The molecule has 0 spiro atoms. The maximum atomic E-state index is 12.5. The number of aliphatic hydroxyl groups is 1. The molecule has 0 bridgehead atoms. The molecule has 0 amide bonds. The number of hydrogen-bond acceptors (Lipinski definition) is 3. The molecule has 0 aliphatic carbocycles. The standard InChI is InChI=1S/C13H21NO3S/c1-4-7-14(8-9-15)18(16,17)13-6-5-11(2)10-12(13)3/h5-6,10,15H,4,7-9H2,1-3H3. The summed E-state index contributed by atoms with van der Waals surface area (Å²) in [6, 6.07) is 5.29. The largest absolute Gasteiger partial charge is 0.395 e. The molecule has 1 rings (SSSR count). The third-order valence-corrected chi connectivity index (χ3v) is 4.83. The Kier molecular flexibility index (Phi) is 5.31. The van der Waals surface area contributed by atoms with E-state index in [0.29, 0.717) is 11.4 Å². The molecule has 0 saturated heterocycles. The van der Waals surface area contributed by atoms with Crippen molar-refractivity contribution in [1.29, 1.82) is 0 Å². The normalized spacial score (nSPS) is 12.1. The molecule has 4 nitrogen and oxygen atoms in total. The molecule has 0 aliphatic rings.